The Labute approximate surface area is 125 Å². The standard InChI is InChI=1S/C20H18O/c1-14-7-10-19(15(2)11-14)20(21)13-16-8-9-17-5-3-4-6-18(17)12-16/h3-12H,13H2,1-2H3. The van der Waals surface area contributed by atoms with Crippen LogP contribution in [0, 0.1) is 13.8 Å². The van der Waals surface area contributed by atoms with Crippen molar-refractivity contribution in [3.63, 3.8) is 0 Å². The molecule has 0 amide bonds. The van der Waals surface area contributed by atoms with Gasteiger partial charge in [-0.3, -0.25) is 4.79 Å². The highest BCUT2D eigenvalue weighted by Crippen LogP contribution is 2.18. The van der Waals surface area contributed by atoms with Crippen LogP contribution in [0.5, 0.6) is 0 Å². The van der Waals surface area contributed by atoms with Gasteiger partial charge < -0.3 is 0 Å². The van der Waals surface area contributed by atoms with Gasteiger partial charge in [0.15, 0.2) is 5.78 Å². The summed E-state index contributed by atoms with van der Waals surface area (Å²) in [6.45, 7) is 4.05. The highest BCUT2D eigenvalue weighted by atomic mass is 16.1. The van der Waals surface area contributed by atoms with Gasteiger partial charge in [0.25, 0.3) is 0 Å². The number of rotatable bonds is 3. The Bertz CT molecular complexity index is 815. The van der Waals surface area contributed by atoms with Crippen LogP contribution >= 0.6 is 0 Å². The third kappa shape index (κ3) is 2.87. The predicted molar refractivity (Wildman–Crippen MR) is 87.9 cm³/mol. The van der Waals surface area contributed by atoms with Crippen molar-refractivity contribution in [2.24, 2.45) is 0 Å². The third-order valence-electron chi connectivity index (χ3n) is 3.86. The van der Waals surface area contributed by atoms with Crippen LogP contribution in [-0.2, 0) is 6.42 Å². The van der Waals surface area contributed by atoms with Gasteiger partial charge >= 0.3 is 0 Å². The zero-order chi connectivity index (χ0) is 14.8. The van der Waals surface area contributed by atoms with Crippen molar-refractivity contribution in [2.75, 3.05) is 0 Å². The lowest BCUT2D eigenvalue weighted by atomic mass is 9.96. The fourth-order valence-corrected chi connectivity index (χ4v) is 2.76. The number of carbonyl (C=O) groups excluding carboxylic acids is 1. The first-order chi connectivity index (χ1) is 10.1. The van der Waals surface area contributed by atoms with Crippen LogP contribution < -0.4 is 0 Å². The van der Waals surface area contributed by atoms with Crippen LogP contribution in [0.1, 0.15) is 27.0 Å². The summed E-state index contributed by atoms with van der Waals surface area (Å²) in [7, 11) is 0. The van der Waals surface area contributed by atoms with Crippen molar-refractivity contribution in [3.05, 3.63) is 82.9 Å². The molecule has 21 heavy (non-hydrogen) atoms. The van der Waals surface area contributed by atoms with E-state index in [4.69, 9.17) is 0 Å². The zero-order valence-electron chi connectivity index (χ0n) is 12.4. The van der Waals surface area contributed by atoms with Crippen molar-refractivity contribution >= 4 is 16.6 Å². The van der Waals surface area contributed by atoms with Crippen LogP contribution in [0.15, 0.2) is 60.7 Å². The molecule has 0 saturated carbocycles. The van der Waals surface area contributed by atoms with Gasteiger partial charge in [0, 0.05) is 12.0 Å². The van der Waals surface area contributed by atoms with Gasteiger partial charge in [0.2, 0.25) is 0 Å². The average molecular weight is 274 g/mol. The summed E-state index contributed by atoms with van der Waals surface area (Å²) in [6.07, 6.45) is 0.453. The molecule has 3 aromatic rings. The minimum Gasteiger partial charge on any atom is -0.294 e. The summed E-state index contributed by atoms with van der Waals surface area (Å²) >= 11 is 0. The topological polar surface area (TPSA) is 17.1 Å². The van der Waals surface area contributed by atoms with E-state index < -0.39 is 0 Å². The normalized spacial score (nSPS) is 10.8. The highest BCUT2D eigenvalue weighted by molar-refractivity contribution is 5.99. The van der Waals surface area contributed by atoms with Gasteiger partial charge in [0.1, 0.15) is 0 Å². The SMILES string of the molecule is Cc1ccc(C(=O)Cc2ccc3ccccc3c2)c(C)c1. The molecule has 0 radical (unpaired) electrons. The molecule has 0 saturated heterocycles. The largest absolute Gasteiger partial charge is 0.294 e. The van der Waals surface area contributed by atoms with Crippen molar-refractivity contribution in [2.45, 2.75) is 20.3 Å². The maximum atomic E-state index is 12.5. The average Bonchev–Trinajstić information content (AvgIpc) is 2.47. The monoisotopic (exact) mass is 274 g/mol. The van der Waals surface area contributed by atoms with Crippen molar-refractivity contribution in [1.82, 2.24) is 0 Å². The van der Waals surface area contributed by atoms with Crippen LogP contribution in [0.4, 0.5) is 0 Å². The molecule has 0 N–H and O–H groups in total. The third-order valence-corrected chi connectivity index (χ3v) is 3.86. The van der Waals surface area contributed by atoms with Crippen molar-refractivity contribution < 1.29 is 4.79 Å². The van der Waals surface area contributed by atoms with Gasteiger partial charge in [0.05, 0.1) is 0 Å². The molecule has 0 aliphatic rings. The zero-order valence-corrected chi connectivity index (χ0v) is 12.4. The Morgan fingerprint density at radius 1 is 0.857 bits per heavy atom. The molecule has 0 heterocycles. The number of benzene rings is 3. The summed E-state index contributed by atoms with van der Waals surface area (Å²) in [5.41, 5.74) is 4.14. The van der Waals surface area contributed by atoms with Crippen LogP contribution in [-0.4, -0.2) is 5.78 Å². The van der Waals surface area contributed by atoms with Gasteiger partial charge in [-0.15, -0.1) is 0 Å². The lowest BCUT2D eigenvalue weighted by Crippen LogP contribution is -2.05. The lowest BCUT2D eigenvalue weighted by molar-refractivity contribution is 0.0992. The molecule has 0 aliphatic heterocycles. The molecule has 0 unspecified atom stereocenters. The molecular formula is C20H18O. The molecule has 0 aromatic heterocycles. The van der Waals surface area contributed by atoms with Gasteiger partial charge in [-0.25, -0.2) is 0 Å². The fourth-order valence-electron chi connectivity index (χ4n) is 2.76. The van der Waals surface area contributed by atoms with Crippen LogP contribution in [0.3, 0.4) is 0 Å². The fraction of sp³-hybridized carbons (Fsp3) is 0.150. The van der Waals surface area contributed by atoms with E-state index in [1.54, 1.807) is 0 Å². The summed E-state index contributed by atoms with van der Waals surface area (Å²) in [6, 6.07) is 20.5. The van der Waals surface area contributed by atoms with E-state index in [0.29, 0.717) is 6.42 Å². The number of fused-ring (bicyclic) bond motifs is 1. The van der Waals surface area contributed by atoms with E-state index in [-0.39, 0.29) is 5.78 Å². The first-order valence-electron chi connectivity index (χ1n) is 7.21. The molecule has 3 rings (SSSR count). The van der Waals surface area contributed by atoms with Gasteiger partial charge in [-0.2, -0.15) is 0 Å². The first-order valence-corrected chi connectivity index (χ1v) is 7.21. The highest BCUT2D eigenvalue weighted by Gasteiger charge is 2.10. The number of aryl methyl sites for hydroxylation is 2. The molecule has 1 heteroatoms. The molecule has 3 aromatic carbocycles. The second-order valence-electron chi connectivity index (χ2n) is 5.60. The number of Topliss-reactive ketones (excluding diaryl/α,β-unsaturated/α-hetero) is 1. The Balaban J connectivity index is 1.89. The molecule has 0 spiro atoms. The number of hydrogen-bond acceptors (Lipinski definition) is 1. The summed E-state index contributed by atoms with van der Waals surface area (Å²) in [4.78, 5) is 12.5. The van der Waals surface area contributed by atoms with Crippen molar-refractivity contribution in [3.8, 4) is 0 Å². The molecule has 0 aliphatic carbocycles. The first kappa shape index (κ1) is 13.6. The van der Waals surface area contributed by atoms with E-state index in [9.17, 15) is 4.79 Å². The molecule has 0 atom stereocenters. The predicted octanol–water partition coefficient (Wildman–Crippen LogP) is 4.88. The van der Waals surface area contributed by atoms with E-state index in [0.717, 1.165) is 16.7 Å². The second-order valence-corrected chi connectivity index (χ2v) is 5.60. The Morgan fingerprint density at radius 3 is 2.38 bits per heavy atom. The Morgan fingerprint density at radius 2 is 1.62 bits per heavy atom. The maximum Gasteiger partial charge on any atom is 0.167 e. The molecule has 104 valence electrons. The van der Waals surface area contributed by atoms with Gasteiger partial charge in [-0.05, 0) is 35.7 Å². The van der Waals surface area contributed by atoms with Gasteiger partial charge in [-0.1, -0.05) is 66.2 Å². The second kappa shape index (κ2) is 5.53. The maximum absolute atomic E-state index is 12.5. The quantitative estimate of drug-likeness (QED) is 0.622. The molecule has 1 nitrogen and oxygen atoms in total. The summed E-state index contributed by atoms with van der Waals surface area (Å²) < 4.78 is 0. The van der Waals surface area contributed by atoms with E-state index in [2.05, 4.69) is 30.3 Å². The number of carbonyl (C=O) groups is 1. The Kier molecular flexibility index (Phi) is 3.57. The van der Waals surface area contributed by atoms with E-state index >= 15 is 0 Å². The Hall–Kier alpha value is -2.41. The lowest BCUT2D eigenvalue weighted by Gasteiger charge is -2.07. The van der Waals surface area contributed by atoms with E-state index in [1.165, 1.54) is 16.3 Å². The minimum atomic E-state index is 0.183. The molecule has 0 fully saturated rings. The number of hydrogen-bond donors (Lipinski definition) is 0. The molecule has 0 bridgehead atoms. The van der Waals surface area contributed by atoms with Crippen molar-refractivity contribution in [1.29, 1.82) is 0 Å². The number of ketones is 1. The molecular weight excluding hydrogens is 256 g/mol. The van der Waals surface area contributed by atoms with E-state index in [1.807, 2.05) is 44.2 Å². The van der Waals surface area contributed by atoms with Crippen LogP contribution in [0.25, 0.3) is 10.8 Å². The summed E-state index contributed by atoms with van der Waals surface area (Å²) in [5.74, 6) is 0.183. The summed E-state index contributed by atoms with van der Waals surface area (Å²) in [5, 5.41) is 2.39. The minimum absolute atomic E-state index is 0.183. The van der Waals surface area contributed by atoms with Crippen LogP contribution in [0.2, 0.25) is 0 Å². The smallest absolute Gasteiger partial charge is 0.167 e.